The zero-order chi connectivity index (χ0) is 19.9. The number of phenolic OH excluding ortho intramolecular Hbond substituents is 1. The summed E-state index contributed by atoms with van der Waals surface area (Å²) in [7, 11) is 0. The lowest BCUT2D eigenvalue weighted by Crippen LogP contribution is -2.47. The predicted molar refractivity (Wildman–Crippen MR) is 108 cm³/mol. The quantitative estimate of drug-likeness (QED) is 0.780. The number of hydrogen-bond donors (Lipinski definition) is 2. The van der Waals surface area contributed by atoms with Gasteiger partial charge in [-0.1, -0.05) is 23.7 Å². The van der Waals surface area contributed by atoms with Gasteiger partial charge in [-0.15, -0.1) is 0 Å². The Balaban J connectivity index is 1.72. The number of rotatable bonds is 6. The fourth-order valence-corrected chi connectivity index (χ4v) is 3.41. The lowest BCUT2D eigenvalue weighted by atomic mass is 10.1. The number of benzene rings is 2. The second-order valence-electron chi connectivity index (χ2n) is 6.78. The Morgan fingerprint density at radius 1 is 1.11 bits per heavy atom. The van der Waals surface area contributed by atoms with Crippen molar-refractivity contribution in [3.05, 3.63) is 64.7 Å². The molecule has 2 N–H and O–H groups in total. The van der Waals surface area contributed by atoms with Crippen LogP contribution in [0.3, 0.4) is 0 Å². The van der Waals surface area contributed by atoms with E-state index in [1.54, 1.807) is 23.1 Å². The van der Waals surface area contributed by atoms with Crippen LogP contribution in [-0.2, 0) is 11.3 Å². The normalized spacial score (nSPS) is 14.0. The minimum atomic E-state index is -0.187. The van der Waals surface area contributed by atoms with Gasteiger partial charge in [0.15, 0.2) is 0 Å². The first kappa shape index (κ1) is 20.2. The fourth-order valence-electron chi connectivity index (χ4n) is 3.20. The molecule has 28 heavy (non-hydrogen) atoms. The summed E-state index contributed by atoms with van der Waals surface area (Å²) in [5.74, 6) is -0.0315. The van der Waals surface area contributed by atoms with Crippen molar-refractivity contribution in [1.82, 2.24) is 15.1 Å². The molecule has 6 nitrogen and oxygen atoms in total. The largest absolute Gasteiger partial charge is 0.508 e. The van der Waals surface area contributed by atoms with Gasteiger partial charge >= 0.3 is 0 Å². The maximum atomic E-state index is 13.0. The van der Waals surface area contributed by atoms with E-state index in [9.17, 15) is 14.7 Å². The van der Waals surface area contributed by atoms with E-state index in [2.05, 4.69) is 5.32 Å². The first-order chi connectivity index (χ1) is 13.5. The number of amides is 2. The summed E-state index contributed by atoms with van der Waals surface area (Å²) in [6, 6.07) is 13.5. The Kier molecular flexibility index (Phi) is 6.90. The molecule has 0 spiro atoms. The Morgan fingerprint density at radius 2 is 1.82 bits per heavy atom. The standard InChI is InChI=1S/C21H24ClN3O3/c22-18-3-1-2-16(14-18)15-25(21(28)17-4-6-19(26)7-5-17)11-8-20(27)24-12-9-23-10-13-24/h1-7,14,23,26H,8-13,15H2. The second kappa shape index (κ2) is 9.57. The first-order valence-electron chi connectivity index (χ1n) is 9.34. The van der Waals surface area contributed by atoms with E-state index in [0.29, 0.717) is 36.8 Å². The summed E-state index contributed by atoms with van der Waals surface area (Å²) in [5, 5.41) is 13.3. The molecule has 0 bridgehead atoms. The van der Waals surface area contributed by atoms with Crippen LogP contribution in [0.25, 0.3) is 0 Å². The molecule has 1 saturated heterocycles. The lowest BCUT2D eigenvalue weighted by Gasteiger charge is -2.29. The molecule has 3 rings (SSSR count). The zero-order valence-corrected chi connectivity index (χ0v) is 16.4. The molecule has 148 valence electrons. The number of nitrogens with one attached hydrogen (secondary N) is 1. The minimum Gasteiger partial charge on any atom is -0.508 e. The van der Waals surface area contributed by atoms with Gasteiger partial charge in [0, 0.05) is 56.3 Å². The van der Waals surface area contributed by atoms with Crippen LogP contribution in [0.5, 0.6) is 5.75 Å². The second-order valence-corrected chi connectivity index (χ2v) is 7.22. The van der Waals surface area contributed by atoms with Crippen molar-refractivity contribution in [2.75, 3.05) is 32.7 Å². The van der Waals surface area contributed by atoms with E-state index >= 15 is 0 Å². The molecule has 0 radical (unpaired) electrons. The zero-order valence-electron chi connectivity index (χ0n) is 15.6. The minimum absolute atomic E-state index is 0.0519. The number of aromatic hydroxyl groups is 1. The summed E-state index contributed by atoms with van der Waals surface area (Å²) >= 11 is 6.07. The lowest BCUT2D eigenvalue weighted by molar-refractivity contribution is -0.132. The highest BCUT2D eigenvalue weighted by molar-refractivity contribution is 6.30. The van der Waals surface area contributed by atoms with Gasteiger partial charge in [0.25, 0.3) is 5.91 Å². The molecule has 7 heteroatoms. The monoisotopic (exact) mass is 401 g/mol. The maximum absolute atomic E-state index is 13.0. The number of carbonyl (C=O) groups excluding carboxylic acids is 2. The molecule has 1 aliphatic rings. The highest BCUT2D eigenvalue weighted by atomic mass is 35.5. The molecule has 0 unspecified atom stereocenters. The molecular weight excluding hydrogens is 378 g/mol. The molecule has 2 aromatic rings. The number of phenols is 1. The topological polar surface area (TPSA) is 72.9 Å². The Hall–Kier alpha value is -2.57. The Labute approximate surface area is 169 Å². The highest BCUT2D eigenvalue weighted by Crippen LogP contribution is 2.17. The van der Waals surface area contributed by atoms with E-state index in [4.69, 9.17) is 11.6 Å². The number of hydrogen-bond acceptors (Lipinski definition) is 4. The number of carbonyl (C=O) groups is 2. The van der Waals surface area contributed by atoms with Crippen LogP contribution in [0.4, 0.5) is 0 Å². The van der Waals surface area contributed by atoms with Crippen LogP contribution in [0.15, 0.2) is 48.5 Å². The van der Waals surface area contributed by atoms with E-state index in [-0.39, 0.29) is 24.0 Å². The summed E-state index contributed by atoms with van der Waals surface area (Å²) in [6.07, 6.45) is 0.268. The third-order valence-corrected chi connectivity index (χ3v) is 4.96. The van der Waals surface area contributed by atoms with Crippen LogP contribution in [0.1, 0.15) is 22.3 Å². The van der Waals surface area contributed by atoms with Crippen LogP contribution in [0, 0.1) is 0 Å². The number of piperazine rings is 1. The van der Waals surface area contributed by atoms with Crippen LogP contribution >= 0.6 is 11.6 Å². The van der Waals surface area contributed by atoms with E-state index < -0.39 is 0 Å². The molecule has 0 atom stereocenters. The molecule has 0 saturated carbocycles. The Morgan fingerprint density at radius 3 is 2.50 bits per heavy atom. The predicted octanol–water partition coefficient (Wildman–Crippen LogP) is 2.51. The van der Waals surface area contributed by atoms with Gasteiger partial charge in [-0.2, -0.15) is 0 Å². The van der Waals surface area contributed by atoms with Crippen molar-refractivity contribution < 1.29 is 14.7 Å². The van der Waals surface area contributed by atoms with Gasteiger partial charge in [0.2, 0.25) is 5.91 Å². The molecule has 1 heterocycles. The summed E-state index contributed by atoms with van der Waals surface area (Å²) in [4.78, 5) is 29.0. The van der Waals surface area contributed by atoms with Crippen LogP contribution < -0.4 is 5.32 Å². The molecule has 2 amide bonds. The molecule has 1 fully saturated rings. The van der Waals surface area contributed by atoms with Crippen molar-refractivity contribution >= 4 is 23.4 Å². The van der Waals surface area contributed by atoms with Gasteiger partial charge in [-0.3, -0.25) is 9.59 Å². The van der Waals surface area contributed by atoms with E-state index in [1.165, 1.54) is 12.1 Å². The smallest absolute Gasteiger partial charge is 0.254 e. The summed E-state index contributed by atoms with van der Waals surface area (Å²) < 4.78 is 0. The molecule has 0 aromatic heterocycles. The first-order valence-corrected chi connectivity index (χ1v) is 9.72. The van der Waals surface area contributed by atoms with E-state index in [0.717, 1.165) is 18.7 Å². The fraction of sp³-hybridized carbons (Fsp3) is 0.333. The van der Waals surface area contributed by atoms with Gasteiger partial charge in [0.1, 0.15) is 5.75 Å². The van der Waals surface area contributed by atoms with Gasteiger partial charge < -0.3 is 20.2 Å². The van der Waals surface area contributed by atoms with Crippen molar-refractivity contribution in [2.24, 2.45) is 0 Å². The molecule has 1 aliphatic heterocycles. The van der Waals surface area contributed by atoms with Crippen LogP contribution in [0.2, 0.25) is 5.02 Å². The van der Waals surface area contributed by atoms with E-state index in [1.807, 2.05) is 23.1 Å². The van der Waals surface area contributed by atoms with Crippen molar-refractivity contribution in [3.63, 3.8) is 0 Å². The molecule has 2 aromatic carbocycles. The van der Waals surface area contributed by atoms with Gasteiger partial charge in [-0.05, 0) is 42.0 Å². The maximum Gasteiger partial charge on any atom is 0.254 e. The SMILES string of the molecule is O=C(CCN(Cc1cccc(Cl)c1)C(=O)c1ccc(O)cc1)N1CCNCC1. The number of nitrogens with zero attached hydrogens (tertiary/aromatic N) is 2. The van der Waals surface area contributed by atoms with Crippen molar-refractivity contribution in [2.45, 2.75) is 13.0 Å². The van der Waals surface area contributed by atoms with Gasteiger partial charge in [0.05, 0.1) is 0 Å². The third-order valence-electron chi connectivity index (χ3n) is 4.73. The molecule has 0 aliphatic carbocycles. The third kappa shape index (κ3) is 5.47. The summed E-state index contributed by atoms with van der Waals surface area (Å²) in [5.41, 5.74) is 1.36. The van der Waals surface area contributed by atoms with Crippen molar-refractivity contribution in [3.8, 4) is 5.75 Å². The highest BCUT2D eigenvalue weighted by Gasteiger charge is 2.21. The average molecular weight is 402 g/mol. The average Bonchev–Trinajstić information content (AvgIpc) is 2.71. The van der Waals surface area contributed by atoms with Gasteiger partial charge in [-0.25, -0.2) is 0 Å². The Bertz CT molecular complexity index is 820. The number of halogens is 1. The summed E-state index contributed by atoms with van der Waals surface area (Å²) in [6.45, 7) is 3.65. The van der Waals surface area contributed by atoms with Crippen molar-refractivity contribution in [1.29, 1.82) is 0 Å². The van der Waals surface area contributed by atoms with Crippen LogP contribution in [-0.4, -0.2) is 59.4 Å². The molecular formula is C21H24ClN3O3.